The van der Waals surface area contributed by atoms with Crippen LogP contribution in [0, 0.1) is 10.1 Å². The van der Waals surface area contributed by atoms with Crippen LogP contribution in [0.4, 0.5) is 5.69 Å². The summed E-state index contributed by atoms with van der Waals surface area (Å²) < 4.78 is 30.2. The van der Waals surface area contributed by atoms with Crippen LogP contribution in [0.5, 0.6) is 5.75 Å². The fourth-order valence-corrected chi connectivity index (χ4v) is 3.51. The van der Waals surface area contributed by atoms with Gasteiger partial charge in [0, 0.05) is 12.1 Å². The largest absolute Gasteiger partial charge is 0.487 e. The summed E-state index contributed by atoms with van der Waals surface area (Å²) in [5, 5.41) is 14.8. The van der Waals surface area contributed by atoms with E-state index in [-0.39, 0.29) is 10.6 Å². The Hall–Kier alpha value is -3.43. The normalized spacial score (nSPS) is 11.4. The Bertz CT molecular complexity index is 1180. The summed E-state index contributed by atoms with van der Waals surface area (Å²) in [5.74, 6) is 0.481. The summed E-state index contributed by atoms with van der Waals surface area (Å²) in [5.41, 5.74) is 1.20. The Labute approximate surface area is 178 Å². The third-order valence-electron chi connectivity index (χ3n) is 3.92. The van der Waals surface area contributed by atoms with Crippen LogP contribution >= 0.6 is 11.6 Å². The quantitative estimate of drug-likeness (QED) is 0.318. The lowest BCUT2D eigenvalue weighted by Crippen LogP contribution is -2.18. The van der Waals surface area contributed by atoms with Crippen LogP contribution < -0.4 is 9.57 Å². The minimum atomic E-state index is -4.05. The van der Waals surface area contributed by atoms with Gasteiger partial charge in [0.05, 0.1) is 21.1 Å². The van der Waals surface area contributed by atoms with Gasteiger partial charge >= 0.3 is 0 Å². The molecule has 3 rings (SSSR count). The molecule has 0 amide bonds. The summed E-state index contributed by atoms with van der Waals surface area (Å²) >= 11 is 6.22. The fourth-order valence-electron chi connectivity index (χ4n) is 2.44. The third-order valence-corrected chi connectivity index (χ3v) is 5.43. The maximum atomic E-state index is 12.2. The Morgan fingerprint density at radius 1 is 1.07 bits per heavy atom. The fraction of sp³-hybridized carbons (Fsp3) is 0.0500. The van der Waals surface area contributed by atoms with Gasteiger partial charge < -0.3 is 4.74 Å². The molecule has 154 valence electrons. The zero-order valence-electron chi connectivity index (χ0n) is 15.4. The van der Waals surface area contributed by atoms with Crippen LogP contribution in [0.15, 0.2) is 82.8 Å². The summed E-state index contributed by atoms with van der Waals surface area (Å²) in [6.07, 6.45) is 1.27. The first-order valence-corrected chi connectivity index (χ1v) is 10.5. The first kappa shape index (κ1) is 21.3. The highest BCUT2D eigenvalue weighted by molar-refractivity contribution is 7.89. The van der Waals surface area contributed by atoms with Gasteiger partial charge in [-0.15, -0.1) is 0 Å². The van der Waals surface area contributed by atoms with Crippen LogP contribution in [0.3, 0.4) is 0 Å². The van der Waals surface area contributed by atoms with Gasteiger partial charge in [-0.3, -0.25) is 10.1 Å². The SMILES string of the molecule is O=[N+]([O-])c1cccc(S(=O)(=O)N/N=C/c2ccc(OCc3ccccc3)c(Cl)c2)c1. The van der Waals surface area contributed by atoms with Crippen LogP contribution in [-0.4, -0.2) is 19.6 Å². The summed E-state index contributed by atoms with van der Waals surface area (Å²) in [6, 6.07) is 19.2. The molecule has 0 heterocycles. The van der Waals surface area contributed by atoms with Crippen LogP contribution in [0.2, 0.25) is 5.02 Å². The number of ether oxygens (including phenoxy) is 1. The minimum absolute atomic E-state index is 0.267. The number of benzene rings is 3. The lowest BCUT2D eigenvalue weighted by molar-refractivity contribution is -0.385. The Morgan fingerprint density at radius 2 is 1.83 bits per heavy atom. The monoisotopic (exact) mass is 445 g/mol. The molecule has 0 saturated carbocycles. The van der Waals surface area contributed by atoms with E-state index < -0.39 is 14.9 Å². The number of nitro groups is 1. The second-order valence-corrected chi connectivity index (χ2v) is 8.14. The van der Waals surface area contributed by atoms with Crippen LogP contribution in [-0.2, 0) is 16.6 Å². The van der Waals surface area contributed by atoms with E-state index in [2.05, 4.69) is 5.10 Å². The van der Waals surface area contributed by atoms with E-state index in [1.165, 1.54) is 24.4 Å². The van der Waals surface area contributed by atoms with E-state index in [1.807, 2.05) is 35.2 Å². The maximum Gasteiger partial charge on any atom is 0.276 e. The number of rotatable bonds is 8. The zero-order chi connectivity index (χ0) is 21.6. The standard InChI is InChI=1S/C20H16ClN3O5S/c21-19-11-16(9-10-20(19)29-14-15-5-2-1-3-6-15)13-22-23-30(27,28)18-8-4-7-17(12-18)24(25)26/h1-13,23H,14H2/b22-13+. The summed E-state index contributed by atoms with van der Waals surface area (Å²) in [6.45, 7) is 0.358. The highest BCUT2D eigenvalue weighted by Crippen LogP contribution is 2.26. The first-order valence-electron chi connectivity index (χ1n) is 8.61. The molecule has 3 aromatic rings. The van der Waals surface area contributed by atoms with Gasteiger partial charge in [-0.2, -0.15) is 13.5 Å². The number of hydrogen-bond donors (Lipinski definition) is 1. The van der Waals surface area contributed by atoms with Crippen LogP contribution in [0.1, 0.15) is 11.1 Å². The van der Waals surface area contributed by atoms with Crippen molar-refractivity contribution in [2.75, 3.05) is 0 Å². The number of hydrazone groups is 1. The number of non-ortho nitro benzene ring substituents is 1. The maximum absolute atomic E-state index is 12.2. The second kappa shape index (κ2) is 9.38. The van der Waals surface area contributed by atoms with E-state index in [0.29, 0.717) is 22.9 Å². The van der Waals surface area contributed by atoms with Gasteiger partial charge in [-0.1, -0.05) is 48.0 Å². The smallest absolute Gasteiger partial charge is 0.276 e. The molecule has 0 unspecified atom stereocenters. The highest BCUT2D eigenvalue weighted by atomic mass is 35.5. The van der Waals surface area contributed by atoms with E-state index >= 15 is 0 Å². The van der Waals surface area contributed by atoms with Gasteiger partial charge in [-0.05, 0) is 35.4 Å². The molecule has 10 heteroatoms. The molecule has 0 bridgehead atoms. The van der Waals surface area contributed by atoms with Crippen molar-refractivity contribution in [2.24, 2.45) is 5.10 Å². The molecule has 0 aliphatic carbocycles. The average molecular weight is 446 g/mol. The molecule has 8 nitrogen and oxygen atoms in total. The molecule has 0 spiro atoms. The number of nitrogens with zero attached hydrogens (tertiary/aromatic N) is 2. The topological polar surface area (TPSA) is 111 Å². The highest BCUT2D eigenvalue weighted by Gasteiger charge is 2.16. The van der Waals surface area contributed by atoms with Gasteiger partial charge in [0.25, 0.3) is 15.7 Å². The zero-order valence-corrected chi connectivity index (χ0v) is 17.0. The van der Waals surface area contributed by atoms with E-state index in [4.69, 9.17) is 16.3 Å². The van der Waals surface area contributed by atoms with Crippen molar-refractivity contribution in [1.82, 2.24) is 4.83 Å². The molecule has 0 aliphatic heterocycles. The van der Waals surface area contributed by atoms with Gasteiger partial charge in [0.15, 0.2) is 0 Å². The van der Waals surface area contributed by atoms with Crippen molar-refractivity contribution in [3.63, 3.8) is 0 Å². The number of nitro benzene ring substituents is 1. The predicted molar refractivity (Wildman–Crippen MR) is 113 cm³/mol. The van der Waals surface area contributed by atoms with E-state index in [0.717, 1.165) is 11.6 Å². The molecular formula is C20H16ClN3O5S. The molecule has 3 aromatic carbocycles. The molecule has 30 heavy (non-hydrogen) atoms. The Kier molecular flexibility index (Phi) is 6.65. The van der Waals surface area contributed by atoms with Crippen molar-refractivity contribution in [3.8, 4) is 5.75 Å². The number of halogens is 1. The molecule has 1 N–H and O–H groups in total. The van der Waals surface area contributed by atoms with Gasteiger partial charge in [-0.25, -0.2) is 4.83 Å². The van der Waals surface area contributed by atoms with E-state index in [9.17, 15) is 18.5 Å². The van der Waals surface area contributed by atoms with Crippen molar-refractivity contribution in [3.05, 3.63) is 99.1 Å². The number of hydrogen-bond acceptors (Lipinski definition) is 6. The van der Waals surface area contributed by atoms with Crippen LogP contribution in [0.25, 0.3) is 0 Å². The number of sulfonamides is 1. The van der Waals surface area contributed by atoms with Gasteiger partial charge in [0.2, 0.25) is 0 Å². The third kappa shape index (κ3) is 5.56. The minimum Gasteiger partial charge on any atom is -0.487 e. The Balaban J connectivity index is 1.65. The lowest BCUT2D eigenvalue weighted by Gasteiger charge is -2.08. The molecule has 0 radical (unpaired) electrons. The molecule has 0 aliphatic rings. The van der Waals surface area contributed by atoms with Crippen molar-refractivity contribution >= 4 is 33.5 Å². The Morgan fingerprint density at radius 3 is 2.53 bits per heavy atom. The second-order valence-electron chi connectivity index (χ2n) is 6.07. The first-order chi connectivity index (χ1) is 14.3. The average Bonchev–Trinajstić information content (AvgIpc) is 2.74. The summed E-state index contributed by atoms with van der Waals surface area (Å²) in [4.78, 5) is 11.9. The molecule has 0 fully saturated rings. The molecule has 0 atom stereocenters. The van der Waals surface area contributed by atoms with Crippen molar-refractivity contribution in [2.45, 2.75) is 11.5 Å². The molecule has 0 aromatic heterocycles. The molecular weight excluding hydrogens is 430 g/mol. The van der Waals surface area contributed by atoms with E-state index in [1.54, 1.807) is 18.2 Å². The van der Waals surface area contributed by atoms with Crippen molar-refractivity contribution in [1.29, 1.82) is 0 Å². The van der Waals surface area contributed by atoms with Gasteiger partial charge in [0.1, 0.15) is 12.4 Å². The predicted octanol–water partition coefficient (Wildman–Crippen LogP) is 4.14. The summed E-state index contributed by atoms with van der Waals surface area (Å²) in [7, 11) is -4.05. The van der Waals surface area contributed by atoms with Crippen molar-refractivity contribution < 1.29 is 18.1 Å². The lowest BCUT2D eigenvalue weighted by atomic mass is 10.2. The molecule has 0 saturated heterocycles. The number of nitrogens with one attached hydrogen (secondary N) is 1.